The minimum absolute atomic E-state index is 0. The van der Waals surface area contributed by atoms with Crippen molar-refractivity contribution in [3.8, 4) is 0 Å². The quantitative estimate of drug-likeness (QED) is 0.362. The van der Waals surface area contributed by atoms with E-state index in [1.807, 2.05) is 0 Å². The van der Waals surface area contributed by atoms with Crippen LogP contribution in [0.2, 0.25) is 0 Å². The van der Waals surface area contributed by atoms with Crippen LogP contribution in [0.5, 0.6) is 0 Å². The molecule has 1 heteroatoms. The summed E-state index contributed by atoms with van der Waals surface area (Å²) in [5.74, 6) is 0.315. The van der Waals surface area contributed by atoms with Crippen LogP contribution < -0.4 is 0 Å². The van der Waals surface area contributed by atoms with E-state index in [2.05, 4.69) is 33.4 Å². The molecule has 0 spiro atoms. The number of rotatable bonds is 2. The molecule has 1 nitrogen and oxygen atoms in total. The fourth-order valence-electron chi connectivity index (χ4n) is 1.82. The lowest BCUT2D eigenvalue weighted by Crippen LogP contribution is -2.22. The van der Waals surface area contributed by atoms with Crippen LogP contribution in [0.4, 0.5) is 0 Å². The smallest absolute Gasteiger partial charge is 0.145 e. The molecule has 74 valence electrons. The van der Waals surface area contributed by atoms with E-state index in [1.54, 1.807) is 0 Å². The zero-order valence-electron chi connectivity index (χ0n) is 8.05. The van der Waals surface area contributed by atoms with Gasteiger partial charge in [0.25, 0.3) is 0 Å². The summed E-state index contributed by atoms with van der Waals surface area (Å²) in [6.07, 6.45) is 4.06. The number of allylic oxidation sites excluding steroid dienone is 3. The topological polar surface area (TPSA) is 17.1 Å². The van der Waals surface area contributed by atoms with E-state index < -0.39 is 0 Å². The summed E-state index contributed by atoms with van der Waals surface area (Å²) in [4.78, 5) is 10.6. The van der Waals surface area contributed by atoms with Crippen molar-refractivity contribution in [1.82, 2.24) is 0 Å². The molecule has 0 bridgehead atoms. The molecule has 0 aromatic rings. The first kappa shape index (κ1) is 12.2. The number of carbonyl (C=O) groups is 1. The predicted octanol–water partition coefficient (Wildman–Crippen LogP) is 3.37. The van der Waals surface area contributed by atoms with Crippen LogP contribution in [-0.2, 0) is 4.79 Å². The van der Waals surface area contributed by atoms with Crippen molar-refractivity contribution in [2.75, 3.05) is 0 Å². The molecule has 0 saturated heterocycles. The molecule has 0 aromatic heterocycles. The Labute approximate surface area is 81.5 Å². The molecule has 0 N–H and O–H groups in total. The molecule has 1 aliphatic rings. The van der Waals surface area contributed by atoms with Gasteiger partial charge in [0.1, 0.15) is 6.29 Å². The van der Waals surface area contributed by atoms with Gasteiger partial charge in [-0.25, -0.2) is 0 Å². The second-order valence-electron chi connectivity index (χ2n) is 4.09. The van der Waals surface area contributed by atoms with Crippen molar-refractivity contribution < 1.29 is 4.79 Å². The molecule has 1 rings (SSSR count). The molecular formula is C12H20O. The van der Waals surface area contributed by atoms with Gasteiger partial charge in [-0.2, -0.15) is 0 Å². The van der Waals surface area contributed by atoms with Gasteiger partial charge in [0.2, 0.25) is 0 Å². The average molecular weight is 180 g/mol. The Hall–Kier alpha value is -0.850. The normalized spacial score (nSPS) is 24.5. The van der Waals surface area contributed by atoms with Crippen LogP contribution in [0.1, 0.15) is 34.6 Å². The maximum atomic E-state index is 10.6. The third-order valence-electron chi connectivity index (χ3n) is 3.15. The van der Waals surface area contributed by atoms with Crippen molar-refractivity contribution in [2.45, 2.75) is 34.6 Å². The van der Waals surface area contributed by atoms with Gasteiger partial charge < -0.3 is 0 Å². The van der Waals surface area contributed by atoms with Gasteiger partial charge in [-0.1, -0.05) is 39.5 Å². The van der Waals surface area contributed by atoms with Crippen LogP contribution >= 0.6 is 0 Å². The SMILES string of the molecule is C.C=C(C=O)C1CC=C(C)C1(C)C. The van der Waals surface area contributed by atoms with Crippen LogP contribution in [0, 0.1) is 11.3 Å². The van der Waals surface area contributed by atoms with Crippen molar-refractivity contribution in [3.05, 3.63) is 23.8 Å². The molecular weight excluding hydrogens is 160 g/mol. The third kappa shape index (κ3) is 1.90. The van der Waals surface area contributed by atoms with Gasteiger partial charge >= 0.3 is 0 Å². The predicted molar refractivity (Wildman–Crippen MR) is 57.6 cm³/mol. The van der Waals surface area contributed by atoms with E-state index in [9.17, 15) is 4.79 Å². The fraction of sp³-hybridized carbons (Fsp3) is 0.583. The standard InChI is InChI=1S/C11H16O.CH4/c1-8(7-12)10-6-5-9(2)11(10,3)4;/h5,7,10H,1,6H2,2-4H3;1H4. The lowest BCUT2D eigenvalue weighted by Gasteiger charge is -2.29. The van der Waals surface area contributed by atoms with Gasteiger partial charge in [0.15, 0.2) is 0 Å². The molecule has 0 saturated carbocycles. The van der Waals surface area contributed by atoms with Crippen molar-refractivity contribution >= 4 is 6.29 Å². The van der Waals surface area contributed by atoms with Gasteiger partial charge in [0, 0.05) is 0 Å². The molecule has 1 unspecified atom stereocenters. The van der Waals surface area contributed by atoms with E-state index >= 15 is 0 Å². The molecule has 0 aliphatic heterocycles. The maximum absolute atomic E-state index is 10.6. The van der Waals surface area contributed by atoms with Crippen molar-refractivity contribution in [3.63, 3.8) is 0 Å². The highest BCUT2D eigenvalue weighted by atomic mass is 16.1. The summed E-state index contributed by atoms with van der Waals surface area (Å²) < 4.78 is 0. The molecule has 0 fully saturated rings. The van der Waals surface area contributed by atoms with E-state index in [1.165, 1.54) is 5.57 Å². The highest BCUT2D eigenvalue weighted by molar-refractivity contribution is 5.73. The highest BCUT2D eigenvalue weighted by Crippen LogP contribution is 2.45. The van der Waals surface area contributed by atoms with Gasteiger partial charge in [0.05, 0.1) is 0 Å². The molecule has 0 radical (unpaired) electrons. The molecule has 1 aliphatic carbocycles. The molecule has 13 heavy (non-hydrogen) atoms. The highest BCUT2D eigenvalue weighted by Gasteiger charge is 2.36. The zero-order valence-corrected chi connectivity index (χ0v) is 8.05. The Morgan fingerprint density at radius 3 is 2.54 bits per heavy atom. The largest absolute Gasteiger partial charge is 0.298 e. The fourth-order valence-corrected chi connectivity index (χ4v) is 1.82. The minimum Gasteiger partial charge on any atom is -0.298 e. The van der Waals surface area contributed by atoms with Crippen LogP contribution in [-0.4, -0.2) is 6.29 Å². The molecule has 0 heterocycles. The number of aldehydes is 1. The summed E-state index contributed by atoms with van der Waals surface area (Å²) in [6.45, 7) is 10.3. The Balaban J connectivity index is 0.00000144. The monoisotopic (exact) mass is 180 g/mol. The Bertz CT molecular complexity index is 246. The molecule has 0 amide bonds. The van der Waals surface area contributed by atoms with Gasteiger partial charge in [-0.15, -0.1) is 0 Å². The summed E-state index contributed by atoms with van der Waals surface area (Å²) in [6, 6.07) is 0. The van der Waals surface area contributed by atoms with Gasteiger partial charge in [-0.05, 0) is 30.3 Å². The van der Waals surface area contributed by atoms with Crippen LogP contribution in [0.15, 0.2) is 23.8 Å². The molecule has 0 aromatic carbocycles. The van der Waals surface area contributed by atoms with Crippen LogP contribution in [0.25, 0.3) is 0 Å². The summed E-state index contributed by atoms with van der Waals surface area (Å²) in [7, 11) is 0. The van der Waals surface area contributed by atoms with E-state index in [0.29, 0.717) is 5.92 Å². The Kier molecular flexibility index (Phi) is 3.65. The number of carbonyl (C=O) groups excluding carboxylic acids is 1. The van der Waals surface area contributed by atoms with Crippen LogP contribution in [0.3, 0.4) is 0 Å². The summed E-state index contributed by atoms with van der Waals surface area (Å²) in [5.41, 5.74) is 2.22. The lowest BCUT2D eigenvalue weighted by molar-refractivity contribution is -0.105. The van der Waals surface area contributed by atoms with E-state index in [-0.39, 0.29) is 12.8 Å². The summed E-state index contributed by atoms with van der Waals surface area (Å²) >= 11 is 0. The van der Waals surface area contributed by atoms with Gasteiger partial charge in [-0.3, -0.25) is 4.79 Å². The second-order valence-corrected chi connectivity index (χ2v) is 4.09. The number of hydrogen-bond donors (Lipinski definition) is 0. The second kappa shape index (κ2) is 3.91. The van der Waals surface area contributed by atoms with E-state index in [0.717, 1.165) is 18.3 Å². The van der Waals surface area contributed by atoms with Crippen molar-refractivity contribution in [1.29, 1.82) is 0 Å². The molecule has 1 atom stereocenters. The lowest BCUT2D eigenvalue weighted by atomic mass is 9.75. The van der Waals surface area contributed by atoms with E-state index in [4.69, 9.17) is 0 Å². The first-order valence-corrected chi connectivity index (χ1v) is 4.31. The van der Waals surface area contributed by atoms with Crippen molar-refractivity contribution in [2.24, 2.45) is 11.3 Å². The maximum Gasteiger partial charge on any atom is 0.145 e. The minimum atomic E-state index is 0. The average Bonchev–Trinajstić information content (AvgIpc) is 2.27. The third-order valence-corrected chi connectivity index (χ3v) is 3.15. The first-order valence-electron chi connectivity index (χ1n) is 4.31. The number of hydrogen-bond acceptors (Lipinski definition) is 1. The zero-order chi connectivity index (χ0) is 9.35. The summed E-state index contributed by atoms with van der Waals surface area (Å²) in [5, 5.41) is 0. The first-order chi connectivity index (χ1) is 5.50. The Morgan fingerprint density at radius 2 is 2.23 bits per heavy atom. The Morgan fingerprint density at radius 1 is 1.69 bits per heavy atom.